The standard InChI is InChI=1S/C51H31N3OS/c1-3-11-32(12-4-1)36-15-9-16-37(29-36)33-21-23-34(24-22-33)38-26-28-46-43(30-38)48-42(18-10-20-47(48)56-46)51-53-49(35-13-5-2-6-14-35)52-50(54-51)39-25-27-41-40-17-7-8-19-44(40)55-45(41)31-39/h1-31H. The van der Waals surface area contributed by atoms with Crippen LogP contribution in [0.5, 0.6) is 0 Å². The topological polar surface area (TPSA) is 51.8 Å². The molecule has 0 unspecified atom stereocenters. The second kappa shape index (κ2) is 13.3. The molecule has 262 valence electrons. The van der Waals surface area contributed by atoms with Gasteiger partial charge < -0.3 is 4.42 Å². The Bertz CT molecular complexity index is 3240. The van der Waals surface area contributed by atoms with E-state index in [-0.39, 0.29) is 0 Å². The van der Waals surface area contributed by atoms with Crippen molar-refractivity contribution >= 4 is 53.4 Å². The molecule has 0 fully saturated rings. The maximum Gasteiger partial charge on any atom is 0.164 e. The van der Waals surface area contributed by atoms with Crippen LogP contribution < -0.4 is 0 Å². The van der Waals surface area contributed by atoms with E-state index in [4.69, 9.17) is 19.4 Å². The Labute approximate surface area is 327 Å². The van der Waals surface area contributed by atoms with Crippen molar-refractivity contribution in [3.8, 4) is 67.5 Å². The van der Waals surface area contributed by atoms with Gasteiger partial charge in [0.15, 0.2) is 17.5 Å². The van der Waals surface area contributed by atoms with Crippen LogP contribution in [0.1, 0.15) is 0 Å². The van der Waals surface area contributed by atoms with Gasteiger partial charge in [0.25, 0.3) is 0 Å². The molecule has 0 aliphatic heterocycles. The highest BCUT2D eigenvalue weighted by Crippen LogP contribution is 2.42. The summed E-state index contributed by atoms with van der Waals surface area (Å²) in [6, 6.07) is 65.9. The van der Waals surface area contributed by atoms with Crippen LogP contribution in [-0.4, -0.2) is 15.0 Å². The van der Waals surface area contributed by atoms with E-state index in [1.165, 1.54) is 42.6 Å². The summed E-state index contributed by atoms with van der Waals surface area (Å²) in [7, 11) is 0. The second-order valence-electron chi connectivity index (χ2n) is 14.0. The summed E-state index contributed by atoms with van der Waals surface area (Å²) >= 11 is 1.79. The summed E-state index contributed by atoms with van der Waals surface area (Å²) in [6.45, 7) is 0. The Morgan fingerprint density at radius 1 is 0.321 bits per heavy atom. The van der Waals surface area contributed by atoms with E-state index in [1.54, 1.807) is 11.3 Å². The van der Waals surface area contributed by atoms with Gasteiger partial charge >= 0.3 is 0 Å². The minimum Gasteiger partial charge on any atom is -0.456 e. The predicted molar refractivity (Wildman–Crippen MR) is 233 cm³/mol. The first-order valence-electron chi connectivity index (χ1n) is 18.7. The molecule has 8 aromatic carbocycles. The van der Waals surface area contributed by atoms with E-state index in [2.05, 4.69) is 133 Å². The highest BCUT2D eigenvalue weighted by atomic mass is 32.1. The molecule has 0 radical (unpaired) electrons. The molecule has 4 nitrogen and oxygen atoms in total. The second-order valence-corrected chi connectivity index (χ2v) is 15.1. The molecule has 0 bridgehead atoms. The number of nitrogens with zero attached hydrogens (tertiary/aromatic N) is 3. The lowest BCUT2D eigenvalue weighted by atomic mass is 9.96. The van der Waals surface area contributed by atoms with E-state index in [0.29, 0.717) is 17.5 Å². The molecule has 0 aliphatic rings. The fraction of sp³-hybridized carbons (Fsp3) is 0. The van der Waals surface area contributed by atoms with Crippen molar-refractivity contribution in [3.63, 3.8) is 0 Å². The molecule has 0 saturated heterocycles. The number of thiophene rings is 1. The van der Waals surface area contributed by atoms with Crippen LogP contribution >= 0.6 is 11.3 Å². The molecule has 5 heteroatoms. The van der Waals surface area contributed by atoms with Crippen LogP contribution in [-0.2, 0) is 0 Å². The third kappa shape index (κ3) is 5.65. The lowest BCUT2D eigenvalue weighted by molar-refractivity contribution is 0.669. The van der Waals surface area contributed by atoms with Gasteiger partial charge in [0.1, 0.15) is 11.2 Å². The van der Waals surface area contributed by atoms with Gasteiger partial charge in [-0.25, -0.2) is 15.0 Å². The van der Waals surface area contributed by atoms with Gasteiger partial charge in [0.05, 0.1) is 0 Å². The zero-order valence-corrected chi connectivity index (χ0v) is 30.9. The molecule has 56 heavy (non-hydrogen) atoms. The quantitative estimate of drug-likeness (QED) is 0.171. The van der Waals surface area contributed by atoms with Crippen molar-refractivity contribution in [2.45, 2.75) is 0 Å². The third-order valence-corrected chi connectivity index (χ3v) is 11.7. The van der Waals surface area contributed by atoms with E-state index >= 15 is 0 Å². The summed E-state index contributed by atoms with van der Waals surface area (Å²) in [4.78, 5) is 15.4. The molecule has 11 aromatic rings. The van der Waals surface area contributed by atoms with Crippen molar-refractivity contribution in [2.75, 3.05) is 0 Å². The number of furan rings is 1. The minimum atomic E-state index is 0.600. The Morgan fingerprint density at radius 3 is 1.64 bits per heavy atom. The maximum atomic E-state index is 6.27. The maximum absolute atomic E-state index is 6.27. The van der Waals surface area contributed by atoms with Crippen molar-refractivity contribution in [3.05, 3.63) is 188 Å². The normalized spacial score (nSPS) is 11.6. The first kappa shape index (κ1) is 32.2. The Morgan fingerprint density at radius 2 is 0.875 bits per heavy atom. The zero-order valence-electron chi connectivity index (χ0n) is 30.1. The van der Waals surface area contributed by atoms with E-state index < -0.39 is 0 Å². The average Bonchev–Trinajstić information content (AvgIpc) is 3.85. The number of rotatable bonds is 6. The largest absolute Gasteiger partial charge is 0.456 e. The molecule has 0 spiro atoms. The lowest BCUT2D eigenvalue weighted by Crippen LogP contribution is -2.00. The van der Waals surface area contributed by atoms with Crippen LogP contribution in [0.25, 0.3) is 110 Å². The van der Waals surface area contributed by atoms with Gasteiger partial charge in [-0.3, -0.25) is 0 Å². The van der Waals surface area contributed by atoms with E-state index in [0.717, 1.165) is 49.6 Å². The SMILES string of the molecule is c1ccc(-c2cccc(-c3ccc(-c4ccc5sc6cccc(-c7nc(-c8ccccc8)nc(-c8ccc9c(c8)oc8ccccc89)n7)c6c5c4)cc3)c2)cc1. The van der Waals surface area contributed by atoms with Crippen LogP contribution in [0.15, 0.2) is 192 Å². The zero-order chi connectivity index (χ0) is 37.0. The van der Waals surface area contributed by atoms with Crippen molar-refractivity contribution in [1.29, 1.82) is 0 Å². The molecule has 11 rings (SSSR count). The van der Waals surface area contributed by atoms with Gasteiger partial charge in [0.2, 0.25) is 0 Å². The first-order valence-corrected chi connectivity index (χ1v) is 19.5. The summed E-state index contributed by atoms with van der Waals surface area (Å²) in [5, 5.41) is 4.49. The number of fused-ring (bicyclic) bond motifs is 6. The number of hydrogen-bond donors (Lipinski definition) is 0. The van der Waals surface area contributed by atoms with Gasteiger partial charge in [-0.1, -0.05) is 146 Å². The van der Waals surface area contributed by atoms with Gasteiger partial charge in [0, 0.05) is 47.6 Å². The highest BCUT2D eigenvalue weighted by Gasteiger charge is 2.18. The van der Waals surface area contributed by atoms with Crippen LogP contribution in [0.4, 0.5) is 0 Å². The molecule has 3 aromatic heterocycles. The molecular weight excluding hydrogens is 703 g/mol. The summed E-state index contributed by atoms with van der Waals surface area (Å²) < 4.78 is 8.68. The minimum absolute atomic E-state index is 0.600. The summed E-state index contributed by atoms with van der Waals surface area (Å²) in [5.41, 5.74) is 11.6. The third-order valence-electron chi connectivity index (χ3n) is 10.6. The molecular formula is C51H31N3OS. The van der Waals surface area contributed by atoms with Gasteiger partial charge in [-0.15, -0.1) is 11.3 Å². The van der Waals surface area contributed by atoms with Crippen molar-refractivity contribution in [1.82, 2.24) is 15.0 Å². The molecule has 0 atom stereocenters. The Balaban J connectivity index is 1.02. The highest BCUT2D eigenvalue weighted by molar-refractivity contribution is 7.26. The fourth-order valence-corrected chi connectivity index (χ4v) is 8.88. The molecule has 0 amide bonds. The van der Waals surface area contributed by atoms with Crippen LogP contribution in [0.2, 0.25) is 0 Å². The first-order chi connectivity index (χ1) is 27.7. The summed E-state index contributed by atoms with van der Waals surface area (Å²) in [6.07, 6.45) is 0. The summed E-state index contributed by atoms with van der Waals surface area (Å²) in [5.74, 6) is 1.86. The fourth-order valence-electron chi connectivity index (χ4n) is 7.76. The molecule has 0 aliphatic carbocycles. The Hall–Kier alpha value is -7.21. The number of benzene rings is 8. The molecule has 3 heterocycles. The molecule has 0 saturated carbocycles. The Kier molecular flexibility index (Phi) is 7.64. The van der Waals surface area contributed by atoms with Crippen molar-refractivity contribution < 1.29 is 4.42 Å². The number of para-hydroxylation sites is 1. The van der Waals surface area contributed by atoms with Crippen molar-refractivity contribution in [2.24, 2.45) is 0 Å². The van der Waals surface area contributed by atoms with Crippen LogP contribution in [0.3, 0.4) is 0 Å². The van der Waals surface area contributed by atoms with Gasteiger partial charge in [-0.2, -0.15) is 0 Å². The number of aromatic nitrogens is 3. The van der Waals surface area contributed by atoms with E-state index in [9.17, 15) is 0 Å². The monoisotopic (exact) mass is 733 g/mol. The smallest absolute Gasteiger partial charge is 0.164 e. The molecule has 0 N–H and O–H groups in total. The van der Waals surface area contributed by atoms with Gasteiger partial charge in [-0.05, 0) is 75.8 Å². The lowest BCUT2D eigenvalue weighted by Gasteiger charge is -2.10. The van der Waals surface area contributed by atoms with E-state index in [1.807, 2.05) is 54.6 Å². The van der Waals surface area contributed by atoms with Crippen LogP contribution in [0, 0.1) is 0 Å². The average molecular weight is 734 g/mol. The number of hydrogen-bond acceptors (Lipinski definition) is 5. The predicted octanol–water partition coefficient (Wildman–Crippen LogP) is 14.1.